The van der Waals surface area contributed by atoms with Crippen molar-refractivity contribution in [3.8, 4) is 0 Å². The number of carboxylic acid groups (broad SMARTS) is 1. The van der Waals surface area contributed by atoms with Crippen LogP contribution in [0.5, 0.6) is 0 Å². The summed E-state index contributed by atoms with van der Waals surface area (Å²) in [5, 5.41) is 31.4. The fourth-order valence-corrected chi connectivity index (χ4v) is 1.23. The van der Waals surface area contributed by atoms with Gasteiger partial charge in [0.2, 0.25) is 5.82 Å². The van der Waals surface area contributed by atoms with Gasteiger partial charge in [0.05, 0.1) is 4.92 Å². The van der Waals surface area contributed by atoms with Gasteiger partial charge in [0.15, 0.2) is 5.69 Å². The fraction of sp³-hybridized carbons (Fsp3) is 0.455. The van der Waals surface area contributed by atoms with E-state index in [1.165, 1.54) is 0 Å². The highest BCUT2D eigenvalue weighted by Crippen LogP contribution is 2.24. The first-order valence-electron chi connectivity index (χ1n) is 5.50. The number of anilines is 1. The van der Waals surface area contributed by atoms with Gasteiger partial charge in [0.1, 0.15) is 0 Å². The SMILES string of the molecule is CC(C)(CO)CNc1nc(C(=O)O)ccc1[N+](=O)[O-]. The number of nitrogens with zero attached hydrogens (tertiary/aromatic N) is 2. The molecule has 0 radical (unpaired) electrons. The number of nitrogens with one attached hydrogen (secondary N) is 1. The fourth-order valence-electron chi connectivity index (χ4n) is 1.23. The molecule has 1 aromatic rings. The van der Waals surface area contributed by atoms with E-state index in [0.29, 0.717) is 0 Å². The van der Waals surface area contributed by atoms with Crippen LogP contribution in [0.1, 0.15) is 24.3 Å². The van der Waals surface area contributed by atoms with E-state index in [-0.39, 0.29) is 30.4 Å². The van der Waals surface area contributed by atoms with Crippen LogP contribution in [-0.4, -0.2) is 39.2 Å². The Bertz CT molecular complexity index is 501. The zero-order chi connectivity index (χ0) is 14.6. The predicted octanol–water partition coefficient (Wildman–Crippen LogP) is 1.12. The molecule has 8 nitrogen and oxygen atoms in total. The second-order valence-electron chi connectivity index (χ2n) is 4.80. The van der Waals surface area contributed by atoms with E-state index < -0.39 is 16.3 Å². The van der Waals surface area contributed by atoms with Crippen LogP contribution in [0.2, 0.25) is 0 Å². The molecule has 0 fully saturated rings. The number of aliphatic hydroxyl groups is 1. The van der Waals surface area contributed by atoms with Crippen LogP contribution < -0.4 is 5.32 Å². The lowest BCUT2D eigenvalue weighted by molar-refractivity contribution is -0.384. The summed E-state index contributed by atoms with van der Waals surface area (Å²) in [6.07, 6.45) is 0. The average Bonchev–Trinajstić information content (AvgIpc) is 2.35. The van der Waals surface area contributed by atoms with Gasteiger partial charge in [-0.25, -0.2) is 9.78 Å². The normalized spacial score (nSPS) is 11.1. The van der Waals surface area contributed by atoms with Crippen molar-refractivity contribution < 1.29 is 19.9 Å². The van der Waals surface area contributed by atoms with Gasteiger partial charge in [-0.1, -0.05) is 13.8 Å². The zero-order valence-electron chi connectivity index (χ0n) is 10.6. The van der Waals surface area contributed by atoms with Crippen molar-refractivity contribution in [1.82, 2.24) is 4.98 Å². The lowest BCUT2D eigenvalue weighted by Gasteiger charge is -2.22. The minimum absolute atomic E-state index is 0.119. The van der Waals surface area contributed by atoms with Gasteiger partial charge < -0.3 is 15.5 Å². The standard InChI is InChI=1S/C11H15N3O5/c1-11(2,6-15)5-12-9-8(14(18)19)4-3-7(13-9)10(16)17/h3-4,15H,5-6H2,1-2H3,(H,12,13)(H,16,17). The number of hydrogen-bond donors (Lipinski definition) is 3. The molecular formula is C11H15N3O5. The Morgan fingerprint density at radius 3 is 2.63 bits per heavy atom. The molecule has 8 heteroatoms. The number of hydrogen-bond acceptors (Lipinski definition) is 6. The molecule has 0 aliphatic carbocycles. The first kappa shape index (κ1) is 14.8. The van der Waals surface area contributed by atoms with Gasteiger partial charge >= 0.3 is 11.7 Å². The van der Waals surface area contributed by atoms with Gasteiger partial charge in [-0.3, -0.25) is 10.1 Å². The Labute approximate surface area is 109 Å². The molecule has 0 spiro atoms. The third-order valence-electron chi connectivity index (χ3n) is 2.45. The minimum atomic E-state index is -1.26. The van der Waals surface area contributed by atoms with E-state index in [1.54, 1.807) is 13.8 Å². The molecule has 0 amide bonds. The monoisotopic (exact) mass is 269 g/mol. The highest BCUT2D eigenvalue weighted by molar-refractivity contribution is 5.86. The third-order valence-corrected chi connectivity index (χ3v) is 2.45. The maximum absolute atomic E-state index is 10.8. The van der Waals surface area contributed by atoms with E-state index in [9.17, 15) is 14.9 Å². The average molecular weight is 269 g/mol. The van der Waals surface area contributed by atoms with Gasteiger partial charge in [0.25, 0.3) is 0 Å². The molecule has 0 aromatic carbocycles. The van der Waals surface area contributed by atoms with Crippen molar-refractivity contribution in [2.24, 2.45) is 5.41 Å². The summed E-state index contributed by atoms with van der Waals surface area (Å²) in [5.74, 6) is -1.38. The quantitative estimate of drug-likeness (QED) is 0.521. The van der Waals surface area contributed by atoms with Crippen molar-refractivity contribution >= 4 is 17.5 Å². The molecule has 0 saturated heterocycles. The van der Waals surface area contributed by atoms with Crippen molar-refractivity contribution in [3.05, 3.63) is 27.9 Å². The molecule has 0 atom stereocenters. The lowest BCUT2D eigenvalue weighted by atomic mass is 9.95. The second kappa shape index (κ2) is 5.61. The van der Waals surface area contributed by atoms with Gasteiger partial charge in [-0.15, -0.1) is 0 Å². The molecule has 19 heavy (non-hydrogen) atoms. The number of carboxylic acids is 1. The Balaban J connectivity index is 3.04. The number of aromatic nitrogens is 1. The largest absolute Gasteiger partial charge is 0.477 e. The summed E-state index contributed by atoms with van der Waals surface area (Å²) >= 11 is 0. The highest BCUT2D eigenvalue weighted by Gasteiger charge is 2.22. The summed E-state index contributed by atoms with van der Waals surface area (Å²) in [4.78, 5) is 24.7. The lowest BCUT2D eigenvalue weighted by Crippen LogP contribution is -2.27. The molecule has 0 aliphatic rings. The molecule has 0 saturated carbocycles. The van der Waals surface area contributed by atoms with Crippen LogP contribution in [0.4, 0.5) is 11.5 Å². The molecule has 3 N–H and O–H groups in total. The molecule has 0 unspecified atom stereocenters. The van der Waals surface area contributed by atoms with Crippen LogP contribution in [-0.2, 0) is 0 Å². The van der Waals surface area contributed by atoms with E-state index in [1.807, 2.05) is 0 Å². The van der Waals surface area contributed by atoms with Crippen molar-refractivity contribution in [3.63, 3.8) is 0 Å². The first-order chi connectivity index (χ1) is 8.76. The van der Waals surface area contributed by atoms with Crippen molar-refractivity contribution in [2.75, 3.05) is 18.5 Å². The second-order valence-corrected chi connectivity index (χ2v) is 4.80. The summed E-state index contributed by atoms with van der Waals surface area (Å²) in [7, 11) is 0. The van der Waals surface area contributed by atoms with E-state index in [0.717, 1.165) is 12.1 Å². The van der Waals surface area contributed by atoms with E-state index >= 15 is 0 Å². The minimum Gasteiger partial charge on any atom is -0.477 e. The topological polar surface area (TPSA) is 126 Å². The number of rotatable bonds is 6. The maximum Gasteiger partial charge on any atom is 0.354 e. The number of aromatic carboxylic acids is 1. The van der Waals surface area contributed by atoms with Crippen LogP contribution in [0.15, 0.2) is 12.1 Å². The van der Waals surface area contributed by atoms with Gasteiger partial charge in [-0.2, -0.15) is 0 Å². The number of pyridine rings is 1. The molecule has 0 aliphatic heterocycles. The Kier molecular flexibility index (Phi) is 4.38. The molecule has 1 aromatic heterocycles. The Morgan fingerprint density at radius 2 is 2.16 bits per heavy atom. The summed E-state index contributed by atoms with van der Waals surface area (Å²) < 4.78 is 0. The summed E-state index contributed by atoms with van der Waals surface area (Å²) in [5.41, 5.74) is -1.09. The number of carbonyl (C=O) groups is 1. The summed E-state index contributed by atoms with van der Waals surface area (Å²) in [6, 6.07) is 2.16. The molecule has 0 bridgehead atoms. The maximum atomic E-state index is 10.8. The van der Waals surface area contributed by atoms with Crippen molar-refractivity contribution in [2.45, 2.75) is 13.8 Å². The summed E-state index contributed by atoms with van der Waals surface area (Å²) in [6.45, 7) is 3.62. The smallest absolute Gasteiger partial charge is 0.354 e. The van der Waals surface area contributed by atoms with Crippen LogP contribution in [0.3, 0.4) is 0 Å². The van der Waals surface area contributed by atoms with E-state index in [2.05, 4.69) is 10.3 Å². The molecule has 1 heterocycles. The number of nitro groups is 1. The highest BCUT2D eigenvalue weighted by atomic mass is 16.6. The number of aliphatic hydroxyl groups excluding tert-OH is 1. The van der Waals surface area contributed by atoms with Crippen LogP contribution in [0.25, 0.3) is 0 Å². The first-order valence-corrected chi connectivity index (χ1v) is 5.50. The molecular weight excluding hydrogens is 254 g/mol. The zero-order valence-corrected chi connectivity index (χ0v) is 10.6. The molecule has 104 valence electrons. The third kappa shape index (κ3) is 3.88. The van der Waals surface area contributed by atoms with Crippen LogP contribution in [0, 0.1) is 15.5 Å². The molecule has 1 rings (SSSR count). The van der Waals surface area contributed by atoms with Crippen molar-refractivity contribution in [1.29, 1.82) is 0 Å². The van der Waals surface area contributed by atoms with Gasteiger partial charge in [0, 0.05) is 24.6 Å². The van der Waals surface area contributed by atoms with E-state index in [4.69, 9.17) is 10.2 Å². The Morgan fingerprint density at radius 1 is 1.53 bits per heavy atom. The van der Waals surface area contributed by atoms with Crippen LogP contribution >= 0.6 is 0 Å². The Hall–Kier alpha value is -2.22. The van der Waals surface area contributed by atoms with Gasteiger partial charge in [-0.05, 0) is 6.07 Å². The predicted molar refractivity (Wildman–Crippen MR) is 67.2 cm³/mol.